The molecule has 0 unspecified atom stereocenters. The number of benzene rings is 1. The van der Waals surface area contributed by atoms with Crippen molar-refractivity contribution >= 4 is 32.7 Å². The summed E-state index contributed by atoms with van der Waals surface area (Å²) < 4.78 is 26.6. The molecule has 2 aromatic rings. The maximum atomic E-state index is 12.6. The fraction of sp³-hybridized carbons (Fsp3) is 0.235. The fourth-order valence-corrected chi connectivity index (χ4v) is 4.69. The van der Waals surface area contributed by atoms with Crippen molar-refractivity contribution in [3.63, 3.8) is 0 Å². The van der Waals surface area contributed by atoms with E-state index in [-0.39, 0.29) is 34.6 Å². The van der Waals surface area contributed by atoms with Crippen molar-refractivity contribution in [3.8, 4) is 0 Å². The Hall–Kier alpha value is -2.03. The number of hydrogen-bond acceptors (Lipinski definition) is 6. The zero-order valence-corrected chi connectivity index (χ0v) is 15.1. The molecule has 6 nitrogen and oxygen atoms in total. The minimum absolute atomic E-state index is 0.0541. The predicted molar refractivity (Wildman–Crippen MR) is 94.6 cm³/mol. The van der Waals surface area contributed by atoms with Crippen LogP contribution in [0.5, 0.6) is 0 Å². The van der Waals surface area contributed by atoms with Gasteiger partial charge in [0.1, 0.15) is 0 Å². The van der Waals surface area contributed by atoms with E-state index in [1.54, 1.807) is 24.4 Å². The minimum atomic E-state index is -3.59. The molecule has 0 saturated carbocycles. The van der Waals surface area contributed by atoms with Crippen LogP contribution in [0.3, 0.4) is 0 Å². The largest absolute Gasteiger partial charge is 0.293 e. The molecule has 0 amide bonds. The molecule has 25 heavy (non-hydrogen) atoms. The van der Waals surface area contributed by atoms with Gasteiger partial charge in [0.2, 0.25) is 10.0 Å². The minimum Gasteiger partial charge on any atom is -0.293 e. The van der Waals surface area contributed by atoms with E-state index in [4.69, 9.17) is 0 Å². The van der Waals surface area contributed by atoms with Gasteiger partial charge in [-0.25, -0.2) is 8.42 Å². The summed E-state index contributed by atoms with van der Waals surface area (Å²) in [5.74, 6) is -0.137. The highest BCUT2D eigenvalue weighted by Crippen LogP contribution is 2.32. The molecule has 1 aliphatic rings. The highest BCUT2D eigenvalue weighted by atomic mass is 32.2. The SMILES string of the molecule is CC(=O)SCC(=O)c1ccc2c(c1)CN(Cc1ccccn1)S2(=O)=O. The Morgan fingerprint density at radius 2 is 2.04 bits per heavy atom. The molecule has 3 rings (SSSR count). The first-order valence-corrected chi connectivity index (χ1v) is 10.00. The van der Waals surface area contributed by atoms with Crippen LogP contribution >= 0.6 is 11.8 Å². The summed E-state index contributed by atoms with van der Waals surface area (Å²) in [7, 11) is -3.59. The Morgan fingerprint density at radius 3 is 2.72 bits per heavy atom. The molecule has 0 bridgehead atoms. The summed E-state index contributed by atoms with van der Waals surface area (Å²) in [6, 6.07) is 9.93. The number of ketones is 1. The molecule has 0 aliphatic carbocycles. The number of pyridine rings is 1. The Kier molecular flexibility index (Phi) is 5.03. The first kappa shape index (κ1) is 17.8. The van der Waals surface area contributed by atoms with Crippen molar-refractivity contribution < 1.29 is 18.0 Å². The lowest BCUT2D eigenvalue weighted by Gasteiger charge is -2.13. The number of nitrogens with zero attached hydrogens (tertiary/aromatic N) is 2. The lowest BCUT2D eigenvalue weighted by molar-refractivity contribution is -0.109. The lowest BCUT2D eigenvalue weighted by Crippen LogP contribution is -2.24. The molecule has 0 fully saturated rings. The van der Waals surface area contributed by atoms with Crippen LogP contribution in [-0.2, 0) is 27.9 Å². The van der Waals surface area contributed by atoms with Gasteiger partial charge in [0.05, 0.1) is 22.9 Å². The van der Waals surface area contributed by atoms with E-state index in [9.17, 15) is 18.0 Å². The van der Waals surface area contributed by atoms with Crippen LogP contribution in [-0.4, -0.2) is 34.4 Å². The average Bonchev–Trinajstić information content (AvgIpc) is 2.83. The predicted octanol–water partition coefficient (Wildman–Crippen LogP) is 2.25. The molecule has 0 saturated heterocycles. The maximum Gasteiger partial charge on any atom is 0.244 e. The van der Waals surface area contributed by atoms with Crippen LogP contribution in [0.25, 0.3) is 0 Å². The summed E-state index contributed by atoms with van der Waals surface area (Å²) in [6.45, 7) is 1.79. The quantitative estimate of drug-likeness (QED) is 0.744. The van der Waals surface area contributed by atoms with Gasteiger partial charge in [-0.05, 0) is 29.8 Å². The van der Waals surface area contributed by atoms with Gasteiger partial charge in [0.15, 0.2) is 10.9 Å². The Morgan fingerprint density at radius 1 is 1.24 bits per heavy atom. The molecule has 0 spiro atoms. The number of thioether (sulfide) groups is 1. The number of hydrogen-bond donors (Lipinski definition) is 0. The van der Waals surface area contributed by atoms with Crippen molar-refractivity contribution in [2.45, 2.75) is 24.9 Å². The molecular weight excluding hydrogens is 360 g/mol. The third kappa shape index (κ3) is 3.81. The molecule has 0 atom stereocenters. The summed E-state index contributed by atoms with van der Waals surface area (Å²) in [4.78, 5) is 27.5. The summed E-state index contributed by atoms with van der Waals surface area (Å²) in [5, 5.41) is -0.126. The van der Waals surface area contributed by atoms with Gasteiger partial charge in [0.25, 0.3) is 0 Å². The van der Waals surface area contributed by atoms with E-state index < -0.39 is 10.0 Å². The topological polar surface area (TPSA) is 84.4 Å². The highest BCUT2D eigenvalue weighted by molar-refractivity contribution is 8.14. The Balaban J connectivity index is 1.82. The van der Waals surface area contributed by atoms with Gasteiger partial charge < -0.3 is 0 Å². The smallest absolute Gasteiger partial charge is 0.244 e. The molecular formula is C17H16N2O4S2. The first-order valence-electron chi connectivity index (χ1n) is 7.57. The van der Waals surface area contributed by atoms with Crippen molar-refractivity contribution in [3.05, 3.63) is 59.4 Å². The van der Waals surface area contributed by atoms with Gasteiger partial charge in [-0.2, -0.15) is 4.31 Å². The molecule has 2 heterocycles. The number of Topliss-reactive ketones (excluding diaryl/α,β-unsaturated/α-hetero) is 1. The zero-order chi connectivity index (χ0) is 18.0. The molecule has 1 aliphatic heterocycles. The molecule has 130 valence electrons. The number of sulfonamides is 1. The molecule has 1 aromatic carbocycles. The molecule has 8 heteroatoms. The van der Waals surface area contributed by atoms with E-state index in [1.807, 2.05) is 6.07 Å². The normalized spacial score (nSPS) is 15.7. The Labute approximate surface area is 150 Å². The van der Waals surface area contributed by atoms with Crippen molar-refractivity contribution in [1.82, 2.24) is 9.29 Å². The third-order valence-electron chi connectivity index (χ3n) is 3.82. The number of carbonyl (C=O) groups is 2. The molecule has 1 aromatic heterocycles. The van der Waals surface area contributed by atoms with Gasteiger partial charge in [0, 0.05) is 25.2 Å². The summed E-state index contributed by atoms with van der Waals surface area (Å²) in [5.41, 5.74) is 1.67. The van der Waals surface area contributed by atoms with Crippen LogP contribution in [0.4, 0.5) is 0 Å². The monoisotopic (exact) mass is 376 g/mol. The molecule has 0 radical (unpaired) electrons. The number of carbonyl (C=O) groups excluding carboxylic acids is 2. The maximum absolute atomic E-state index is 12.6. The average molecular weight is 376 g/mol. The van der Waals surface area contributed by atoms with Crippen LogP contribution < -0.4 is 0 Å². The summed E-state index contributed by atoms with van der Waals surface area (Å²) in [6.07, 6.45) is 1.62. The first-order chi connectivity index (χ1) is 11.9. The second-order valence-corrected chi connectivity index (χ2v) is 8.68. The lowest BCUT2D eigenvalue weighted by atomic mass is 10.1. The fourth-order valence-electron chi connectivity index (χ4n) is 2.61. The van der Waals surface area contributed by atoms with E-state index >= 15 is 0 Å². The third-order valence-corrected chi connectivity index (χ3v) is 6.52. The van der Waals surface area contributed by atoms with Gasteiger partial charge in [-0.15, -0.1) is 0 Å². The van der Waals surface area contributed by atoms with Gasteiger partial charge in [-0.1, -0.05) is 23.9 Å². The van der Waals surface area contributed by atoms with E-state index in [2.05, 4.69) is 4.98 Å². The van der Waals surface area contributed by atoms with Gasteiger partial charge >= 0.3 is 0 Å². The van der Waals surface area contributed by atoms with Crippen LogP contribution in [0.15, 0.2) is 47.5 Å². The second kappa shape index (κ2) is 7.07. The molecule has 0 N–H and O–H groups in total. The summed E-state index contributed by atoms with van der Waals surface area (Å²) >= 11 is 0.944. The van der Waals surface area contributed by atoms with Crippen molar-refractivity contribution in [2.24, 2.45) is 0 Å². The standard InChI is InChI=1S/C17H16N2O4S2/c1-12(20)24-11-16(21)13-5-6-17-14(8-13)9-19(25(17,22)23)10-15-4-2-3-7-18-15/h2-8H,9-11H2,1H3. The van der Waals surface area contributed by atoms with E-state index in [0.717, 1.165) is 11.8 Å². The van der Waals surface area contributed by atoms with Crippen molar-refractivity contribution in [2.75, 3.05) is 5.75 Å². The van der Waals surface area contributed by atoms with Crippen molar-refractivity contribution in [1.29, 1.82) is 0 Å². The van der Waals surface area contributed by atoms with Crippen LogP contribution in [0.2, 0.25) is 0 Å². The Bertz CT molecular complexity index is 927. The van der Waals surface area contributed by atoms with Crippen LogP contribution in [0, 0.1) is 0 Å². The second-order valence-electron chi connectivity index (χ2n) is 5.62. The number of rotatable bonds is 5. The highest BCUT2D eigenvalue weighted by Gasteiger charge is 2.35. The van der Waals surface area contributed by atoms with Gasteiger partial charge in [-0.3, -0.25) is 14.6 Å². The number of fused-ring (bicyclic) bond motifs is 1. The van der Waals surface area contributed by atoms with E-state index in [1.165, 1.54) is 23.4 Å². The van der Waals surface area contributed by atoms with Crippen LogP contribution in [0.1, 0.15) is 28.5 Å². The number of aromatic nitrogens is 1. The van der Waals surface area contributed by atoms with E-state index in [0.29, 0.717) is 16.8 Å². The zero-order valence-electron chi connectivity index (χ0n) is 13.5.